The first-order valence-electron chi connectivity index (χ1n) is 15.1. The van der Waals surface area contributed by atoms with E-state index < -0.39 is 0 Å². The van der Waals surface area contributed by atoms with Gasteiger partial charge in [0.05, 0.1) is 23.8 Å². The molecule has 2 atom stereocenters. The standard InChI is InChI=1S/C34H37N7O2/c1-22(24-8-4-3-5-9-24)40-21-29-25(12-13-31-28(29)19-35-38-31)18-32(23(40)2)37-33(42)39-16-14-27(15-17-39)41-20-26-10-6-7-11-30(26)36-34(41)43/h3-13,19,22,27,32H,2,14-18,20-21H2,1H3,(H,35,38)(H,36,43)(H,37,42)/t22-,32-/m1/s1. The maximum Gasteiger partial charge on any atom is 0.322 e. The van der Waals surface area contributed by atoms with E-state index in [1.54, 1.807) is 0 Å². The van der Waals surface area contributed by atoms with Gasteiger partial charge in [-0.2, -0.15) is 5.10 Å². The molecule has 9 heteroatoms. The number of nitrogens with one attached hydrogen (secondary N) is 3. The highest BCUT2D eigenvalue weighted by Crippen LogP contribution is 2.35. The summed E-state index contributed by atoms with van der Waals surface area (Å²) in [5.74, 6) is 0. The predicted octanol–water partition coefficient (Wildman–Crippen LogP) is 5.79. The maximum atomic E-state index is 13.7. The van der Waals surface area contributed by atoms with Crippen molar-refractivity contribution >= 4 is 28.7 Å². The Balaban J connectivity index is 1.07. The molecular weight excluding hydrogens is 538 g/mol. The van der Waals surface area contributed by atoms with E-state index in [-0.39, 0.29) is 30.2 Å². The normalized spacial score (nSPS) is 19.8. The molecule has 0 aliphatic carbocycles. The lowest BCUT2D eigenvalue weighted by molar-refractivity contribution is 0.126. The van der Waals surface area contributed by atoms with Crippen LogP contribution in [0, 0.1) is 0 Å². The average Bonchev–Trinajstić information content (AvgIpc) is 3.47. The molecule has 4 heterocycles. The van der Waals surface area contributed by atoms with Crippen molar-refractivity contribution in [2.45, 2.75) is 57.4 Å². The Bertz CT molecular complexity index is 1670. The number of anilines is 1. The molecule has 4 aromatic rings. The zero-order chi connectivity index (χ0) is 29.5. The van der Waals surface area contributed by atoms with Gasteiger partial charge < -0.3 is 25.3 Å². The summed E-state index contributed by atoms with van der Waals surface area (Å²) in [6, 6.07) is 22.3. The number of carbonyl (C=O) groups excluding carboxylic acids is 2. The van der Waals surface area contributed by atoms with E-state index in [2.05, 4.69) is 81.7 Å². The molecule has 220 valence electrons. The topological polar surface area (TPSA) is 96.6 Å². The lowest BCUT2D eigenvalue weighted by Crippen LogP contribution is -2.54. The van der Waals surface area contributed by atoms with E-state index in [0.717, 1.165) is 40.7 Å². The van der Waals surface area contributed by atoms with Crippen molar-refractivity contribution in [3.05, 3.63) is 107 Å². The number of aromatic nitrogens is 2. The number of urea groups is 2. The third-order valence-electron chi connectivity index (χ3n) is 9.46. The number of H-pyrrole nitrogens is 1. The average molecular weight is 576 g/mol. The molecule has 4 amide bonds. The van der Waals surface area contributed by atoms with Crippen LogP contribution in [0.4, 0.5) is 15.3 Å². The van der Waals surface area contributed by atoms with E-state index in [4.69, 9.17) is 0 Å². The summed E-state index contributed by atoms with van der Waals surface area (Å²) in [5.41, 5.74) is 7.52. The highest BCUT2D eigenvalue weighted by Gasteiger charge is 2.35. The smallest absolute Gasteiger partial charge is 0.322 e. The Hall–Kier alpha value is -4.79. The van der Waals surface area contributed by atoms with Gasteiger partial charge in [-0.15, -0.1) is 0 Å². The van der Waals surface area contributed by atoms with Crippen molar-refractivity contribution in [1.82, 2.24) is 30.2 Å². The van der Waals surface area contributed by atoms with Crippen LogP contribution < -0.4 is 10.6 Å². The van der Waals surface area contributed by atoms with Crippen molar-refractivity contribution in [2.75, 3.05) is 18.4 Å². The summed E-state index contributed by atoms with van der Waals surface area (Å²) >= 11 is 0. The summed E-state index contributed by atoms with van der Waals surface area (Å²) in [6.07, 6.45) is 4.04. The van der Waals surface area contributed by atoms with Crippen LogP contribution >= 0.6 is 0 Å². The number of fused-ring (bicyclic) bond motifs is 4. The summed E-state index contributed by atoms with van der Waals surface area (Å²) in [4.78, 5) is 32.7. The van der Waals surface area contributed by atoms with E-state index in [9.17, 15) is 9.59 Å². The molecule has 0 bridgehead atoms. The number of piperidine rings is 1. The van der Waals surface area contributed by atoms with Crippen LogP contribution in [0.3, 0.4) is 0 Å². The molecule has 3 aliphatic heterocycles. The van der Waals surface area contributed by atoms with Crippen molar-refractivity contribution in [3.8, 4) is 0 Å². The van der Waals surface area contributed by atoms with Crippen LogP contribution in [0.15, 0.2) is 85.2 Å². The summed E-state index contributed by atoms with van der Waals surface area (Å²) in [7, 11) is 0. The molecular formula is C34H37N7O2. The van der Waals surface area contributed by atoms with Gasteiger partial charge in [0.1, 0.15) is 0 Å². The number of para-hydroxylation sites is 1. The first-order chi connectivity index (χ1) is 21.0. The van der Waals surface area contributed by atoms with Gasteiger partial charge in [0.25, 0.3) is 0 Å². The van der Waals surface area contributed by atoms with Gasteiger partial charge in [-0.3, -0.25) is 5.10 Å². The number of nitrogens with zero attached hydrogens (tertiary/aromatic N) is 4. The Morgan fingerprint density at radius 3 is 2.58 bits per heavy atom. The quantitative estimate of drug-likeness (QED) is 0.287. The molecule has 3 aliphatic rings. The predicted molar refractivity (Wildman–Crippen MR) is 167 cm³/mol. The zero-order valence-electron chi connectivity index (χ0n) is 24.4. The van der Waals surface area contributed by atoms with E-state index in [0.29, 0.717) is 32.6 Å². The fourth-order valence-electron chi connectivity index (χ4n) is 6.88. The molecule has 0 radical (unpaired) electrons. The Labute approximate surface area is 251 Å². The minimum Gasteiger partial charge on any atom is -0.362 e. The summed E-state index contributed by atoms with van der Waals surface area (Å²) < 4.78 is 0. The molecule has 3 aromatic carbocycles. The highest BCUT2D eigenvalue weighted by atomic mass is 16.2. The molecule has 0 saturated carbocycles. The van der Waals surface area contributed by atoms with Gasteiger partial charge in [-0.1, -0.05) is 61.2 Å². The Kier molecular flexibility index (Phi) is 7.01. The van der Waals surface area contributed by atoms with Crippen LogP contribution in [0.5, 0.6) is 0 Å². The van der Waals surface area contributed by atoms with Crippen LogP contribution in [0.25, 0.3) is 10.9 Å². The monoisotopic (exact) mass is 575 g/mol. The molecule has 0 spiro atoms. The Morgan fingerprint density at radius 1 is 1.00 bits per heavy atom. The number of hydrogen-bond donors (Lipinski definition) is 3. The first kappa shape index (κ1) is 27.1. The fraction of sp³-hybridized carbons (Fsp3) is 0.324. The van der Waals surface area contributed by atoms with Gasteiger partial charge >= 0.3 is 12.1 Å². The maximum absolute atomic E-state index is 13.7. The number of carbonyl (C=O) groups is 2. The number of hydrogen-bond acceptors (Lipinski definition) is 4. The second-order valence-corrected chi connectivity index (χ2v) is 11.9. The minimum atomic E-state index is -0.258. The van der Waals surface area contributed by atoms with Crippen LogP contribution in [-0.4, -0.2) is 62.1 Å². The first-order valence-corrected chi connectivity index (χ1v) is 15.1. The Morgan fingerprint density at radius 2 is 1.77 bits per heavy atom. The van der Waals surface area contributed by atoms with Crippen molar-refractivity contribution in [1.29, 1.82) is 0 Å². The highest BCUT2D eigenvalue weighted by molar-refractivity contribution is 5.92. The van der Waals surface area contributed by atoms with Crippen molar-refractivity contribution < 1.29 is 9.59 Å². The molecule has 43 heavy (non-hydrogen) atoms. The molecule has 9 nitrogen and oxygen atoms in total. The zero-order valence-corrected chi connectivity index (χ0v) is 24.4. The van der Waals surface area contributed by atoms with Gasteiger partial charge in [-0.25, -0.2) is 9.59 Å². The number of aromatic amines is 1. The van der Waals surface area contributed by atoms with E-state index in [1.165, 1.54) is 16.7 Å². The number of likely N-dealkylation sites (tertiary alicyclic amines) is 1. The molecule has 1 aromatic heterocycles. The van der Waals surface area contributed by atoms with Gasteiger partial charge in [0, 0.05) is 49.0 Å². The number of rotatable bonds is 4. The van der Waals surface area contributed by atoms with Crippen LogP contribution in [0.1, 0.15) is 48.1 Å². The second-order valence-electron chi connectivity index (χ2n) is 11.9. The van der Waals surface area contributed by atoms with E-state index in [1.807, 2.05) is 40.3 Å². The number of benzene rings is 3. The summed E-state index contributed by atoms with van der Waals surface area (Å²) in [5, 5.41) is 14.9. The van der Waals surface area contributed by atoms with Gasteiger partial charge in [0.2, 0.25) is 0 Å². The summed E-state index contributed by atoms with van der Waals surface area (Å²) in [6.45, 7) is 9.21. The molecule has 0 unspecified atom stereocenters. The minimum absolute atomic E-state index is 0.0608. The van der Waals surface area contributed by atoms with Crippen molar-refractivity contribution in [2.24, 2.45) is 0 Å². The third kappa shape index (κ3) is 5.09. The lowest BCUT2D eigenvalue weighted by atomic mass is 9.98. The molecule has 1 fully saturated rings. The van der Waals surface area contributed by atoms with Crippen LogP contribution in [-0.2, 0) is 19.5 Å². The lowest BCUT2D eigenvalue weighted by Gasteiger charge is -2.41. The third-order valence-corrected chi connectivity index (χ3v) is 9.46. The van der Waals surface area contributed by atoms with Gasteiger partial charge in [0.15, 0.2) is 0 Å². The largest absolute Gasteiger partial charge is 0.362 e. The van der Waals surface area contributed by atoms with Gasteiger partial charge in [-0.05, 0) is 60.6 Å². The fourth-order valence-corrected chi connectivity index (χ4v) is 6.88. The second kappa shape index (κ2) is 11.1. The van der Waals surface area contributed by atoms with E-state index >= 15 is 0 Å². The van der Waals surface area contributed by atoms with Crippen molar-refractivity contribution in [3.63, 3.8) is 0 Å². The molecule has 3 N–H and O–H groups in total. The molecule has 1 saturated heterocycles. The SMILES string of the molecule is C=C1[C@H](NC(=O)N2CCC(N3Cc4ccccc4NC3=O)CC2)Cc2ccc3[nH]ncc3c2CN1[C@H](C)c1ccccc1. The van der Waals surface area contributed by atoms with Crippen LogP contribution in [0.2, 0.25) is 0 Å². The number of amides is 4. The molecule has 7 rings (SSSR count).